The topological polar surface area (TPSA) is 85.8 Å². The van der Waals surface area contributed by atoms with Gasteiger partial charge < -0.3 is 20.2 Å². The normalized spacial score (nSPS) is 21.9. The predicted octanol–water partition coefficient (Wildman–Crippen LogP) is 3.09. The lowest BCUT2D eigenvalue weighted by Gasteiger charge is -2.58. The minimum absolute atomic E-state index is 0.0711. The smallest absolute Gasteiger partial charge is 0.322 e. The number of amides is 3. The number of piperazine rings is 1. The third-order valence-corrected chi connectivity index (χ3v) is 6.45. The lowest BCUT2D eigenvalue weighted by atomic mass is 9.73. The van der Waals surface area contributed by atoms with Crippen LogP contribution in [0.1, 0.15) is 11.5 Å². The number of carbonyl (C=O) groups is 2. The van der Waals surface area contributed by atoms with Crippen LogP contribution in [0.4, 0.5) is 14.9 Å². The van der Waals surface area contributed by atoms with E-state index < -0.39 is 11.8 Å². The van der Waals surface area contributed by atoms with Gasteiger partial charge in [-0.2, -0.15) is 0 Å². The first kappa shape index (κ1) is 21.1. The van der Waals surface area contributed by atoms with Gasteiger partial charge in [0.2, 0.25) is 5.91 Å². The Kier molecular flexibility index (Phi) is 5.51. The number of aromatic nitrogens is 1. The third kappa shape index (κ3) is 3.82. The van der Waals surface area contributed by atoms with E-state index in [0.717, 1.165) is 16.7 Å². The number of fused-ring (bicyclic) bond motifs is 1. The van der Waals surface area contributed by atoms with Gasteiger partial charge in [-0.3, -0.25) is 9.78 Å². The molecule has 3 aromatic rings. The van der Waals surface area contributed by atoms with Gasteiger partial charge in [-0.1, -0.05) is 42.5 Å². The maximum atomic E-state index is 13.9. The van der Waals surface area contributed by atoms with Gasteiger partial charge in [0.25, 0.3) is 0 Å². The second-order valence-corrected chi connectivity index (χ2v) is 8.30. The molecule has 2 fully saturated rings. The zero-order valence-corrected chi connectivity index (χ0v) is 17.8. The number of hydrogen-bond donors (Lipinski definition) is 2. The highest BCUT2D eigenvalue weighted by molar-refractivity contribution is 5.94. The highest BCUT2D eigenvalue weighted by Crippen LogP contribution is 2.43. The molecule has 33 heavy (non-hydrogen) atoms. The maximum Gasteiger partial charge on any atom is 0.322 e. The van der Waals surface area contributed by atoms with E-state index in [4.69, 9.17) is 0 Å². The molecule has 0 radical (unpaired) electrons. The van der Waals surface area contributed by atoms with Crippen LogP contribution in [-0.4, -0.2) is 63.6 Å². The summed E-state index contributed by atoms with van der Waals surface area (Å²) in [6, 6.07) is 16.7. The summed E-state index contributed by atoms with van der Waals surface area (Å²) in [5.41, 5.74) is 3.09. The van der Waals surface area contributed by atoms with Crippen LogP contribution < -0.4 is 5.32 Å². The molecule has 3 atom stereocenters. The Labute approximate surface area is 190 Å². The van der Waals surface area contributed by atoms with Crippen LogP contribution in [0.3, 0.4) is 0 Å². The van der Waals surface area contributed by atoms with Crippen molar-refractivity contribution in [3.05, 3.63) is 84.4 Å². The second kappa shape index (κ2) is 8.63. The summed E-state index contributed by atoms with van der Waals surface area (Å²) in [6.45, 7) is 0.0379. The number of nitrogens with zero attached hydrogens (tertiary/aromatic N) is 3. The molecule has 2 N–H and O–H groups in total. The van der Waals surface area contributed by atoms with Gasteiger partial charge in [0.15, 0.2) is 0 Å². The van der Waals surface area contributed by atoms with Crippen molar-refractivity contribution in [2.75, 3.05) is 25.0 Å². The van der Waals surface area contributed by atoms with Crippen LogP contribution in [0.2, 0.25) is 0 Å². The van der Waals surface area contributed by atoms with E-state index in [-0.39, 0.29) is 42.7 Å². The summed E-state index contributed by atoms with van der Waals surface area (Å²) < 4.78 is 13.9. The first-order valence-electron chi connectivity index (χ1n) is 10.8. The van der Waals surface area contributed by atoms with Crippen molar-refractivity contribution in [2.45, 2.75) is 18.0 Å². The van der Waals surface area contributed by atoms with Crippen molar-refractivity contribution >= 4 is 17.6 Å². The highest BCUT2D eigenvalue weighted by Gasteiger charge is 2.54. The minimum Gasteiger partial charge on any atom is -0.394 e. The molecule has 3 heterocycles. The molecule has 7 nitrogen and oxygen atoms in total. The van der Waals surface area contributed by atoms with Crippen molar-refractivity contribution in [2.24, 2.45) is 0 Å². The molecule has 0 saturated carbocycles. The molecule has 8 heteroatoms. The molecule has 1 aromatic heterocycles. The van der Waals surface area contributed by atoms with Crippen molar-refractivity contribution in [1.29, 1.82) is 0 Å². The summed E-state index contributed by atoms with van der Waals surface area (Å²) in [5, 5.41) is 12.5. The Morgan fingerprint density at radius 3 is 2.58 bits per heavy atom. The number of aliphatic hydroxyl groups excluding tert-OH is 1. The quantitative estimate of drug-likeness (QED) is 0.645. The number of hydrogen-bond acceptors (Lipinski definition) is 4. The third-order valence-electron chi connectivity index (χ3n) is 6.45. The predicted molar refractivity (Wildman–Crippen MR) is 121 cm³/mol. The molecule has 168 valence electrons. The summed E-state index contributed by atoms with van der Waals surface area (Å²) in [6.07, 6.45) is 3.52. The van der Waals surface area contributed by atoms with Crippen LogP contribution in [0.5, 0.6) is 0 Å². The SMILES string of the molecule is O=C(Nc1ccccc1F)N1CC(=O)N2[C@@H](CO)[C@H](c3ccc(-c4cccnc4)cc3)[C@@H]2C1. The molecule has 0 spiro atoms. The molecule has 0 bridgehead atoms. The van der Waals surface area contributed by atoms with E-state index in [2.05, 4.69) is 10.3 Å². The number of pyridine rings is 1. The molecular formula is C25H23FN4O3. The maximum absolute atomic E-state index is 13.9. The zero-order valence-electron chi connectivity index (χ0n) is 17.8. The van der Waals surface area contributed by atoms with E-state index >= 15 is 0 Å². The van der Waals surface area contributed by atoms with Crippen LogP contribution in [0.15, 0.2) is 73.1 Å². The molecule has 2 aliphatic rings. The fraction of sp³-hybridized carbons (Fsp3) is 0.240. The van der Waals surface area contributed by atoms with Gasteiger partial charge >= 0.3 is 6.03 Å². The average molecular weight is 446 g/mol. The van der Waals surface area contributed by atoms with Gasteiger partial charge in [0.1, 0.15) is 12.4 Å². The molecule has 3 amide bonds. The molecule has 5 rings (SSSR count). The van der Waals surface area contributed by atoms with Crippen LogP contribution in [0.25, 0.3) is 11.1 Å². The van der Waals surface area contributed by atoms with Crippen molar-refractivity contribution in [3.8, 4) is 11.1 Å². The number of halogens is 1. The average Bonchev–Trinajstić information content (AvgIpc) is 2.82. The Hall–Kier alpha value is -3.78. The number of anilines is 1. The summed E-state index contributed by atoms with van der Waals surface area (Å²) >= 11 is 0. The van der Waals surface area contributed by atoms with Crippen LogP contribution in [0, 0.1) is 5.82 Å². The highest BCUT2D eigenvalue weighted by atomic mass is 19.1. The molecule has 2 saturated heterocycles. The monoisotopic (exact) mass is 446 g/mol. The Morgan fingerprint density at radius 2 is 1.88 bits per heavy atom. The first-order valence-corrected chi connectivity index (χ1v) is 10.8. The van der Waals surface area contributed by atoms with E-state index in [0.29, 0.717) is 6.54 Å². The number of rotatable bonds is 4. The van der Waals surface area contributed by atoms with E-state index in [1.54, 1.807) is 29.4 Å². The summed E-state index contributed by atoms with van der Waals surface area (Å²) in [4.78, 5) is 32.8. The standard InChI is InChI=1S/C25H23FN4O3/c26-19-5-1-2-6-20(19)28-25(33)29-13-21-24(22(15-31)30(21)23(32)14-29)17-9-7-16(8-10-17)18-4-3-11-27-12-18/h1-12,21-22,24,31H,13-15H2,(H,28,33)/t21-,22-,24+/m0/s1. The van der Waals surface area contributed by atoms with Gasteiger partial charge in [-0.15, -0.1) is 0 Å². The van der Waals surface area contributed by atoms with Crippen LogP contribution >= 0.6 is 0 Å². The van der Waals surface area contributed by atoms with Crippen molar-refractivity contribution in [3.63, 3.8) is 0 Å². The fourth-order valence-electron chi connectivity index (χ4n) is 4.84. The van der Waals surface area contributed by atoms with Gasteiger partial charge in [-0.25, -0.2) is 9.18 Å². The summed E-state index contributed by atoms with van der Waals surface area (Å²) in [7, 11) is 0. The number of aliphatic hydroxyl groups is 1. The second-order valence-electron chi connectivity index (χ2n) is 8.30. The molecule has 0 unspecified atom stereocenters. The molecule has 2 aliphatic heterocycles. The summed E-state index contributed by atoms with van der Waals surface area (Å²) in [5.74, 6) is -0.866. The van der Waals surface area contributed by atoms with Gasteiger partial charge in [-0.05, 0) is 34.9 Å². The number of carbonyl (C=O) groups excluding carboxylic acids is 2. The van der Waals surface area contributed by atoms with Crippen molar-refractivity contribution in [1.82, 2.24) is 14.8 Å². The van der Waals surface area contributed by atoms with Gasteiger partial charge in [0, 0.05) is 24.9 Å². The first-order chi connectivity index (χ1) is 16.1. The number of para-hydroxylation sites is 1. The van der Waals surface area contributed by atoms with E-state index in [1.165, 1.54) is 17.0 Å². The van der Waals surface area contributed by atoms with E-state index in [1.807, 2.05) is 36.4 Å². The lowest BCUT2D eigenvalue weighted by molar-refractivity contribution is -0.159. The largest absolute Gasteiger partial charge is 0.394 e. The number of urea groups is 1. The Balaban J connectivity index is 1.35. The molecular weight excluding hydrogens is 423 g/mol. The van der Waals surface area contributed by atoms with Gasteiger partial charge in [0.05, 0.1) is 24.4 Å². The van der Waals surface area contributed by atoms with E-state index in [9.17, 15) is 19.1 Å². The lowest BCUT2D eigenvalue weighted by Crippen LogP contribution is -2.73. The molecule has 2 aromatic carbocycles. The Morgan fingerprint density at radius 1 is 1.09 bits per heavy atom. The molecule has 0 aliphatic carbocycles. The zero-order chi connectivity index (χ0) is 22.9. The van der Waals surface area contributed by atoms with Crippen molar-refractivity contribution < 1.29 is 19.1 Å². The Bertz CT molecular complexity index is 1170. The van der Waals surface area contributed by atoms with Crippen LogP contribution in [-0.2, 0) is 4.79 Å². The number of nitrogens with one attached hydrogen (secondary N) is 1. The minimum atomic E-state index is -0.536. The fourth-order valence-corrected chi connectivity index (χ4v) is 4.84. The number of benzene rings is 2.